The third kappa shape index (κ3) is 3.49. The number of aromatic nitrogens is 1. The number of nitrogens with zero attached hydrogens (tertiary/aromatic N) is 2. The molecule has 0 fully saturated rings. The van der Waals surface area contributed by atoms with Gasteiger partial charge in [-0.3, -0.25) is 9.69 Å². The summed E-state index contributed by atoms with van der Waals surface area (Å²) in [5, 5.41) is 5.14. The van der Waals surface area contributed by atoms with E-state index in [0.29, 0.717) is 23.0 Å². The molecule has 2 aromatic carbocycles. The molecule has 1 heterocycles. The number of fused-ring (bicyclic) bond motifs is 1. The molecule has 0 aliphatic rings. The van der Waals surface area contributed by atoms with Crippen LogP contribution < -0.4 is 16.3 Å². The number of guanidine groups is 1. The van der Waals surface area contributed by atoms with Crippen LogP contribution in [0.4, 0.5) is 0 Å². The number of rotatable bonds is 4. The number of nitrogens with two attached hydrogens (primary N) is 2. The van der Waals surface area contributed by atoms with E-state index in [1.807, 2.05) is 18.2 Å². The van der Waals surface area contributed by atoms with E-state index in [-0.39, 0.29) is 11.9 Å². The second-order valence-electron chi connectivity index (χ2n) is 5.60. The van der Waals surface area contributed by atoms with E-state index in [0.717, 1.165) is 16.5 Å². The van der Waals surface area contributed by atoms with Crippen LogP contribution in [0, 0.1) is 0 Å². The van der Waals surface area contributed by atoms with Crippen molar-refractivity contribution in [3.8, 4) is 5.75 Å². The Morgan fingerprint density at radius 3 is 2.77 bits per heavy atom. The number of aromatic amines is 1. The molecule has 3 rings (SSSR count). The Kier molecular flexibility index (Phi) is 5.11. The lowest BCUT2D eigenvalue weighted by Crippen LogP contribution is -2.39. The minimum atomic E-state index is -0.366. The van der Waals surface area contributed by atoms with Gasteiger partial charge in [0.05, 0.1) is 0 Å². The summed E-state index contributed by atoms with van der Waals surface area (Å²) in [5.74, 6) is 0.0250. The van der Waals surface area contributed by atoms with Crippen LogP contribution in [0.1, 0.15) is 16.1 Å². The summed E-state index contributed by atoms with van der Waals surface area (Å²) in [6.07, 6.45) is 0. The molecule has 0 saturated heterocycles. The van der Waals surface area contributed by atoms with Crippen LogP contribution >= 0.6 is 11.6 Å². The molecule has 0 saturated carbocycles. The van der Waals surface area contributed by atoms with Gasteiger partial charge in [0, 0.05) is 35.1 Å². The van der Waals surface area contributed by atoms with Gasteiger partial charge in [-0.05, 0) is 29.4 Å². The van der Waals surface area contributed by atoms with E-state index >= 15 is 0 Å². The van der Waals surface area contributed by atoms with Crippen molar-refractivity contribution in [1.29, 1.82) is 0 Å². The highest BCUT2D eigenvalue weighted by molar-refractivity contribution is 6.35. The topological polar surface area (TPSA) is 110 Å². The highest BCUT2D eigenvalue weighted by Crippen LogP contribution is 2.24. The van der Waals surface area contributed by atoms with Gasteiger partial charge in [0.25, 0.3) is 5.91 Å². The van der Waals surface area contributed by atoms with Gasteiger partial charge in [-0.1, -0.05) is 35.9 Å². The van der Waals surface area contributed by atoms with Crippen LogP contribution in [-0.2, 0) is 6.54 Å². The molecular formula is C18H18ClN5O2. The lowest BCUT2D eigenvalue weighted by Gasteiger charge is -2.14. The summed E-state index contributed by atoms with van der Waals surface area (Å²) in [5.41, 5.74) is 13.4. The first-order valence-corrected chi connectivity index (χ1v) is 8.22. The summed E-state index contributed by atoms with van der Waals surface area (Å²) in [4.78, 5) is 22.2. The number of para-hydroxylation sites is 1. The molecule has 134 valence electrons. The number of halogens is 1. The number of nitrogens with one attached hydrogen (secondary N) is 1. The predicted molar refractivity (Wildman–Crippen MR) is 102 cm³/mol. The molecular weight excluding hydrogens is 354 g/mol. The maximum atomic E-state index is 12.6. The minimum Gasteiger partial charge on any atom is -0.367 e. The first kappa shape index (κ1) is 17.8. The number of hydrogen-bond donors (Lipinski definition) is 3. The molecule has 0 radical (unpaired) electrons. The average Bonchev–Trinajstić information content (AvgIpc) is 3.10. The Balaban J connectivity index is 1.79. The number of benzene rings is 2. The monoisotopic (exact) mass is 371 g/mol. The van der Waals surface area contributed by atoms with E-state index in [9.17, 15) is 4.79 Å². The molecule has 5 N–H and O–H groups in total. The zero-order valence-corrected chi connectivity index (χ0v) is 14.8. The van der Waals surface area contributed by atoms with Crippen LogP contribution in [0.15, 0.2) is 53.7 Å². The maximum Gasteiger partial charge on any atom is 0.276 e. The number of H-pyrrole nitrogens is 1. The van der Waals surface area contributed by atoms with Crippen LogP contribution in [0.2, 0.25) is 5.02 Å². The fourth-order valence-corrected chi connectivity index (χ4v) is 2.67. The number of carbonyl (C=O) groups is 1. The smallest absolute Gasteiger partial charge is 0.276 e. The third-order valence-corrected chi connectivity index (χ3v) is 4.25. The van der Waals surface area contributed by atoms with Crippen molar-refractivity contribution in [2.24, 2.45) is 16.6 Å². The molecule has 0 aliphatic carbocycles. The Morgan fingerprint density at radius 2 is 2.04 bits per heavy atom. The quantitative estimate of drug-likeness (QED) is 0.372. The normalized spacial score (nSPS) is 11.6. The van der Waals surface area contributed by atoms with Crippen LogP contribution in [0.5, 0.6) is 5.75 Å². The first-order chi connectivity index (χ1) is 12.5. The second kappa shape index (κ2) is 7.47. The number of carbonyl (C=O) groups excluding carboxylic acids is 1. The van der Waals surface area contributed by atoms with E-state index in [1.54, 1.807) is 30.3 Å². The van der Waals surface area contributed by atoms with Crippen LogP contribution in [-0.4, -0.2) is 28.8 Å². The van der Waals surface area contributed by atoms with Crippen molar-refractivity contribution >= 4 is 34.4 Å². The van der Waals surface area contributed by atoms with Crippen molar-refractivity contribution in [3.05, 3.63) is 64.8 Å². The van der Waals surface area contributed by atoms with Crippen LogP contribution in [0.3, 0.4) is 0 Å². The SMILES string of the molecule is CN(C(=O)c1cc2c(Cl)cccc2[nH]1)C(N)=NOc1ccccc1CN. The fourth-order valence-electron chi connectivity index (χ4n) is 2.44. The molecule has 0 spiro atoms. The summed E-state index contributed by atoms with van der Waals surface area (Å²) >= 11 is 6.14. The number of oxime groups is 1. The average molecular weight is 372 g/mol. The van der Waals surface area contributed by atoms with Crippen molar-refractivity contribution in [2.75, 3.05) is 7.05 Å². The van der Waals surface area contributed by atoms with Gasteiger partial charge in [0.1, 0.15) is 5.69 Å². The van der Waals surface area contributed by atoms with E-state index < -0.39 is 0 Å². The van der Waals surface area contributed by atoms with Crippen molar-refractivity contribution in [1.82, 2.24) is 9.88 Å². The van der Waals surface area contributed by atoms with Crippen molar-refractivity contribution in [2.45, 2.75) is 6.54 Å². The van der Waals surface area contributed by atoms with Gasteiger partial charge in [0.15, 0.2) is 5.75 Å². The summed E-state index contributed by atoms with van der Waals surface area (Å²) in [6, 6.07) is 14.3. The zero-order valence-electron chi connectivity index (χ0n) is 14.1. The molecule has 26 heavy (non-hydrogen) atoms. The van der Waals surface area contributed by atoms with E-state index in [1.165, 1.54) is 11.9 Å². The highest BCUT2D eigenvalue weighted by Gasteiger charge is 2.18. The molecule has 0 bridgehead atoms. The Hall–Kier alpha value is -3.03. The van der Waals surface area contributed by atoms with Gasteiger partial charge in [0.2, 0.25) is 5.96 Å². The molecule has 0 aliphatic heterocycles. The second-order valence-corrected chi connectivity index (χ2v) is 6.01. The molecule has 7 nitrogen and oxygen atoms in total. The Labute approximate surface area is 155 Å². The van der Waals surface area contributed by atoms with Gasteiger partial charge < -0.3 is 21.3 Å². The maximum absolute atomic E-state index is 12.6. The Morgan fingerprint density at radius 1 is 1.27 bits per heavy atom. The molecule has 1 amide bonds. The summed E-state index contributed by atoms with van der Waals surface area (Å²) in [6.45, 7) is 0.302. The molecule has 0 unspecified atom stereocenters. The fraction of sp³-hybridized carbons (Fsp3) is 0.111. The van der Waals surface area contributed by atoms with Gasteiger partial charge in [-0.15, -0.1) is 0 Å². The van der Waals surface area contributed by atoms with Crippen molar-refractivity contribution < 1.29 is 9.63 Å². The molecule has 1 aromatic heterocycles. The summed E-state index contributed by atoms with van der Waals surface area (Å²) in [7, 11) is 1.51. The predicted octanol–water partition coefficient (Wildman–Crippen LogP) is 2.66. The molecule has 8 heteroatoms. The number of amides is 1. The summed E-state index contributed by atoms with van der Waals surface area (Å²) < 4.78 is 0. The number of hydrogen-bond acceptors (Lipinski definition) is 4. The van der Waals surface area contributed by atoms with Gasteiger partial charge >= 0.3 is 0 Å². The standard InChI is InChI=1S/C18H18ClN5O2/c1-24(18(21)23-26-16-8-3-2-5-11(16)10-20)17(25)15-9-12-13(19)6-4-7-14(12)22-15/h2-9,22H,10,20H2,1H3,(H2,21,23). The largest absolute Gasteiger partial charge is 0.367 e. The lowest BCUT2D eigenvalue weighted by atomic mass is 10.2. The van der Waals surface area contributed by atoms with Crippen molar-refractivity contribution in [3.63, 3.8) is 0 Å². The highest BCUT2D eigenvalue weighted by atomic mass is 35.5. The zero-order chi connectivity index (χ0) is 18.7. The van der Waals surface area contributed by atoms with Crippen LogP contribution in [0.25, 0.3) is 10.9 Å². The van der Waals surface area contributed by atoms with E-state index in [4.69, 9.17) is 27.9 Å². The lowest BCUT2D eigenvalue weighted by molar-refractivity contribution is 0.0861. The third-order valence-electron chi connectivity index (χ3n) is 3.92. The van der Waals surface area contributed by atoms with Gasteiger partial charge in [-0.25, -0.2) is 0 Å². The Bertz CT molecular complexity index is 983. The van der Waals surface area contributed by atoms with Gasteiger partial charge in [-0.2, -0.15) is 0 Å². The minimum absolute atomic E-state index is 0.0911. The molecule has 3 aromatic rings. The van der Waals surface area contributed by atoms with E-state index in [2.05, 4.69) is 10.1 Å². The molecule has 0 atom stereocenters. The first-order valence-electron chi connectivity index (χ1n) is 7.85.